The average molecular weight is 364 g/mol. The number of allylic oxidation sites excluding steroid dienone is 1. The lowest BCUT2D eigenvalue weighted by Gasteiger charge is -2.07. The summed E-state index contributed by atoms with van der Waals surface area (Å²) in [5.74, 6) is -2.30. The molecule has 12 heteroatoms. The van der Waals surface area contributed by atoms with Crippen molar-refractivity contribution in [3.63, 3.8) is 0 Å². The van der Waals surface area contributed by atoms with Gasteiger partial charge in [0.15, 0.2) is 5.76 Å². The Kier molecular flexibility index (Phi) is 4.10. The summed E-state index contributed by atoms with van der Waals surface area (Å²) in [4.78, 5) is 12.0. The van der Waals surface area contributed by atoms with Gasteiger partial charge in [-0.15, -0.1) is 14.3 Å². The van der Waals surface area contributed by atoms with E-state index in [0.717, 1.165) is 42.6 Å². The van der Waals surface area contributed by atoms with Crippen LogP contribution in [0.5, 0.6) is 0 Å². The van der Waals surface area contributed by atoms with Crippen LogP contribution in [-0.2, 0) is 10.0 Å². The van der Waals surface area contributed by atoms with Crippen LogP contribution < -0.4 is 0 Å². The molecule has 0 aliphatic rings. The molecule has 1 aromatic carbocycles. The number of carbonyl (C=O) groups excluding carboxylic acids is 1. The average Bonchev–Trinajstić information content (AvgIpc) is 3.27. The van der Waals surface area contributed by atoms with Crippen LogP contribution in [0.25, 0.3) is 5.76 Å². The maximum Gasteiger partial charge on any atom is 0.283 e. The normalized spacial score (nSPS) is 12.3. The number of nitrogens with one attached hydrogen (secondary N) is 1. The van der Waals surface area contributed by atoms with Gasteiger partial charge in [0.25, 0.3) is 10.0 Å². The molecule has 0 saturated carbocycles. The minimum atomic E-state index is -4.22. The molecule has 0 fully saturated rings. The Balaban J connectivity index is 1.99. The summed E-state index contributed by atoms with van der Waals surface area (Å²) in [6, 6.07) is 5.20. The summed E-state index contributed by atoms with van der Waals surface area (Å²) in [7, 11) is -4.22. The van der Waals surface area contributed by atoms with E-state index in [9.17, 15) is 22.7 Å². The van der Waals surface area contributed by atoms with Gasteiger partial charge in [-0.05, 0) is 35.5 Å². The van der Waals surface area contributed by atoms with Gasteiger partial charge in [0, 0.05) is 6.08 Å². The zero-order chi connectivity index (χ0) is 18.0. The maximum atomic E-state index is 13.0. The number of halogens is 1. The van der Waals surface area contributed by atoms with Gasteiger partial charge in [-0.1, -0.05) is 0 Å². The molecule has 2 heterocycles. The number of carbonyl (C=O) groups is 1. The second-order valence-corrected chi connectivity index (χ2v) is 6.42. The Hall–Kier alpha value is -3.41. The summed E-state index contributed by atoms with van der Waals surface area (Å²) in [6.45, 7) is 0. The topological polar surface area (TPSA) is 144 Å². The molecule has 25 heavy (non-hydrogen) atoms. The minimum absolute atomic E-state index is 0.235. The number of hydrogen-bond acceptors (Lipinski definition) is 8. The number of rotatable bonds is 5. The maximum absolute atomic E-state index is 13.0. The molecule has 0 bridgehead atoms. The number of benzene rings is 1. The molecule has 0 aliphatic carbocycles. The van der Waals surface area contributed by atoms with Crippen molar-refractivity contribution in [3.8, 4) is 0 Å². The van der Waals surface area contributed by atoms with Gasteiger partial charge in [0.05, 0.1) is 11.1 Å². The van der Waals surface area contributed by atoms with Gasteiger partial charge >= 0.3 is 0 Å². The largest absolute Gasteiger partial charge is 0.504 e. The molecule has 128 valence electrons. The van der Waals surface area contributed by atoms with Crippen LogP contribution in [0.1, 0.15) is 16.3 Å². The Morgan fingerprint density at radius 2 is 1.96 bits per heavy atom. The predicted molar refractivity (Wildman–Crippen MR) is 80.3 cm³/mol. The zero-order valence-electron chi connectivity index (χ0n) is 12.2. The third-order valence-corrected chi connectivity index (χ3v) is 4.66. The first-order valence-electron chi connectivity index (χ1n) is 6.63. The predicted octanol–water partition coefficient (Wildman–Crippen LogP) is 0.554. The molecule has 0 saturated heterocycles. The lowest BCUT2D eigenvalue weighted by molar-refractivity contribution is 0.104. The first kappa shape index (κ1) is 16.4. The number of aromatic nitrogens is 6. The van der Waals surface area contributed by atoms with Crippen molar-refractivity contribution in [2.75, 3.05) is 0 Å². The third-order valence-electron chi connectivity index (χ3n) is 3.04. The van der Waals surface area contributed by atoms with Crippen molar-refractivity contribution in [2.45, 2.75) is 4.90 Å². The van der Waals surface area contributed by atoms with Crippen molar-refractivity contribution in [2.24, 2.45) is 0 Å². The monoisotopic (exact) mass is 364 g/mol. The molecule has 0 atom stereocenters. The van der Waals surface area contributed by atoms with Crippen LogP contribution in [0.3, 0.4) is 0 Å². The molecular formula is C13H9FN6O4S. The van der Waals surface area contributed by atoms with Crippen LogP contribution in [-0.4, -0.2) is 49.1 Å². The molecule has 0 unspecified atom stereocenters. The fourth-order valence-corrected chi connectivity index (χ4v) is 3.17. The van der Waals surface area contributed by atoms with Crippen molar-refractivity contribution in [1.82, 2.24) is 29.8 Å². The van der Waals surface area contributed by atoms with Gasteiger partial charge in [-0.25, -0.2) is 4.39 Å². The summed E-state index contributed by atoms with van der Waals surface area (Å²) >= 11 is 0. The number of H-pyrrole nitrogens is 1. The quantitative estimate of drug-likeness (QED) is 0.379. The highest BCUT2D eigenvalue weighted by atomic mass is 32.2. The van der Waals surface area contributed by atoms with E-state index in [-0.39, 0.29) is 16.4 Å². The van der Waals surface area contributed by atoms with Crippen LogP contribution in [0.2, 0.25) is 0 Å². The van der Waals surface area contributed by atoms with Crippen molar-refractivity contribution in [3.05, 3.63) is 59.9 Å². The van der Waals surface area contributed by atoms with Crippen molar-refractivity contribution < 1.29 is 22.7 Å². The second-order valence-electron chi connectivity index (χ2n) is 4.65. The number of hydrogen-bond donors (Lipinski definition) is 2. The zero-order valence-corrected chi connectivity index (χ0v) is 13.1. The highest BCUT2D eigenvalue weighted by Gasteiger charge is 2.24. The number of nitrogens with zero attached hydrogens (tertiary/aromatic N) is 5. The molecule has 0 aliphatic heterocycles. The number of ketones is 1. The Labute approximate surface area is 139 Å². The standard InChI is InChI=1S/C13H9FN6O4S/c14-8-1-3-9(4-2-8)25(23,24)20-10(5-6-15-20)11(21)7-12(22)13-16-18-19-17-13/h1-7,22H,(H,16,17,18,19). The number of tetrazole rings is 1. The minimum Gasteiger partial charge on any atom is -0.504 e. The molecule has 0 radical (unpaired) electrons. The summed E-state index contributed by atoms with van der Waals surface area (Å²) in [6.07, 6.45) is 1.84. The van der Waals surface area contributed by atoms with Gasteiger partial charge in [-0.3, -0.25) is 4.79 Å². The van der Waals surface area contributed by atoms with E-state index in [1.807, 2.05) is 0 Å². The molecular weight excluding hydrogens is 355 g/mol. The van der Waals surface area contributed by atoms with Crippen LogP contribution in [0.4, 0.5) is 4.39 Å². The van der Waals surface area contributed by atoms with Gasteiger partial charge in [0.1, 0.15) is 11.5 Å². The molecule has 3 aromatic rings. The van der Waals surface area contributed by atoms with Gasteiger partial charge in [0.2, 0.25) is 11.6 Å². The first-order valence-corrected chi connectivity index (χ1v) is 8.07. The summed E-state index contributed by atoms with van der Waals surface area (Å²) < 4.78 is 38.6. The molecule has 3 rings (SSSR count). The Morgan fingerprint density at radius 1 is 1.24 bits per heavy atom. The lowest BCUT2D eigenvalue weighted by atomic mass is 10.2. The second kappa shape index (κ2) is 6.24. The summed E-state index contributed by atoms with van der Waals surface area (Å²) in [5, 5.41) is 25.7. The molecule has 0 amide bonds. The van der Waals surface area contributed by atoms with E-state index in [1.54, 1.807) is 0 Å². The van der Waals surface area contributed by atoms with Crippen molar-refractivity contribution in [1.29, 1.82) is 0 Å². The SMILES string of the molecule is O=C(C=C(O)c1nn[nH]n1)c1ccnn1S(=O)(=O)c1ccc(F)cc1. The summed E-state index contributed by atoms with van der Waals surface area (Å²) in [5.41, 5.74) is -0.334. The smallest absolute Gasteiger partial charge is 0.283 e. The fraction of sp³-hybridized carbons (Fsp3) is 0. The van der Waals surface area contributed by atoms with E-state index < -0.39 is 27.4 Å². The highest BCUT2D eigenvalue weighted by Crippen LogP contribution is 2.17. The van der Waals surface area contributed by atoms with E-state index in [0.29, 0.717) is 4.09 Å². The van der Waals surface area contributed by atoms with E-state index in [1.165, 1.54) is 0 Å². The molecule has 2 N–H and O–H groups in total. The van der Waals surface area contributed by atoms with Crippen molar-refractivity contribution >= 4 is 21.6 Å². The number of aliphatic hydroxyl groups is 1. The van der Waals surface area contributed by atoms with Crippen LogP contribution in [0.15, 0.2) is 47.5 Å². The van der Waals surface area contributed by atoms with E-state index >= 15 is 0 Å². The molecule has 10 nitrogen and oxygen atoms in total. The van der Waals surface area contributed by atoms with E-state index in [4.69, 9.17) is 0 Å². The van der Waals surface area contributed by atoms with E-state index in [2.05, 4.69) is 25.7 Å². The lowest BCUT2D eigenvalue weighted by Crippen LogP contribution is -2.19. The Morgan fingerprint density at radius 3 is 2.60 bits per heavy atom. The van der Waals surface area contributed by atoms with Crippen LogP contribution in [0, 0.1) is 5.82 Å². The molecule has 2 aromatic heterocycles. The van der Waals surface area contributed by atoms with Crippen LogP contribution >= 0.6 is 0 Å². The van der Waals surface area contributed by atoms with Gasteiger partial charge in [-0.2, -0.15) is 18.7 Å². The first-order chi connectivity index (χ1) is 11.9. The Bertz CT molecular complexity index is 1040. The molecule has 0 spiro atoms. The number of aromatic amines is 1. The highest BCUT2D eigenvalue weighted by molar-refractivity contribution is 7.89. The fourth-order valence-electron chi connectivity index (χ4n) is 1.90. The number of aliphatic hydroxyl groups excluding tert-OH is 1. The van der Waals surface area contributed by atoms with Gasteiger partial charge < -0.3 is 5.11 Å². The third kappa shape index (κ3) is 3.14.